The molecule has 0 aliphatic rings. The zero-order valence-corrected chi connectivity index (χ0v) is 10.2. The molecule has 0 aliphatic carbocycles. The molecule has 1 aromatic carbocycles. The SMILES string of the molecule is C[C@H](N)c1ccc(Sc2ccccc2F)nc1. The third kappa shape index (κ3) is 3.05. The summed E-state index contributed by atoms with van der Waals surface area (Å²) in [5.74, 6) is -0.226. The molecule has 0 bridgehead atoms. The van der Waals surface area contributed by atoms with Gasteiger partial charge in [0, 0.05) is 17.1 Å². The Bertz CT molecular complexity index is 497. The topological polar surface area (TPSA) is 38.9 Å². The van der Waals surface area contributed by atoms with E-state index in [0.29, 0.717) is 4.90 Å². The van der Waals surface area contributed by atoms with Crippen molar-refractivity contribution in [3.8, 4) is 0 Å². The maximum absolute atomic E-state index is 13.4. The third-order valence-electron chi connectivity index (χ3n) is 2.34. The Labute approximate surface area is 104 Å². The molecular formula is C13H13FN2S. The van der Waals surface area contributed by atoms with Gasteiger partial charge in [0.15, 0.2) is 0 Å². The Morgan fingerprint density at radius 2 is 2.00 bits per heavy atom. The number of hydrogen-bond donors (Lipinski definition) is 1. The first-order chi connectivity index (χ1) is 8.16. The highest BCUT2D eigenvalue weighted by Crippen LogP contribution is 2.28. The first-order valence-corrected chi connectivity index (χ1v) is 6.12. The van der Waals surface area contributed by atoms with Crippen LogP contribution in [0.5, 0.6) is 0 Å². The Kier molecular flexibility index (Phi) is 3.76. The van der Waals surface area contributed by atoms with Crippen LogP contribution in [-0.2, 0) is 0 Å². The van der Waals surface area contributed by atoms with Crippen LogP contribution in [0.2, 0.25) is 0 Å². The van der Waals surface area contributed by atoms with Crippen molar-refractivity contribution in [2.45, 2.75) is 22.9 Å². The molecule has 88 valence electrons. The lowest BCUT2D eigenvalue weighted by Crippen LogP contribution is -2.04. The second-order valence-corrected chi connectivity index (χ2v) is 4.81. The summed E-state index contributed by atoms with van der Waals surface area (Å²) in [7, 11) is 0. The predicted octanol–water partition coefficient (Wildman–Crippen LogP) is 3.39. The Balaban J connectivity index is 2.17. The Morgan fingerprint density at radius 1 is 1.24 bits per heavy atom. The standard InChI is InChI=1S/C13H13FN2S/c1-9(15)10-6-7-13(16-8-10)17-12-5-3-2-4-11(12)14/h2-9H,15H2,1H3/t9-/m0/s1. The summed E-state index contributed by atoms with van der Waals surface area (Å²) in [6.07, 6.45) is 1.73. The van der Waals surface area contributed by atoms with Crippen LogP contribution in [0.1, 0.15) is 18.5 Å². The molecule has 2 nitrogen and oxygen atoms in total. The van der Waals surface area contributed by atoms with Gasteiger partial charge in [0.25, 0.3) is 0 Å². The molecule has 2 rings (SSSR count). The molecule has 1 atom stereocenters. The van der Waals surface area contributed by atoms with E-state index in [1.54, 1.807) is 18.3 Å². The van der Waals surface area contributed by atoms with E-state index in [-0.39, 0.29) is 11.9 Å². The molecule has 1 heterocycles. The van der Waals surface area contributed by atoms with Gasteiger partial charge in [-0.1, -0.05) is 30.0 Å². The average Bonchev–Trinajstić information content (AvgIpc) is 2.33. The van der Waals surface area contributed by atoms with Gasteiger partial charge >= 0.3 is 0 Å². The van der Waals surface area contributed by atoms with Gasteiger partial charge < -0.3 is 5.73 Å². The maximum Gasteiger partial charge on any atom is 0.137 e. The van der Waals surface area contributed by atoms with Crippen molar-refractivity contribution >= 4 is 11.8 Å². The normalized spacial score (nSPS) is 12.4. The second kappa shape index (κ2) is 5.29. The minimum absolute atomic E-state index is 0.0324. The summed E-state index contributed by atoms with van der Waals surface area (Å²) in [4.78, 5) is 4.83. The lowest BCUT2D eigenvalue weighted by atomic mass is 10.2. The van der Waals surface area contributed by atoms with E-state index in [4.69, 9.17) is 5.73 Å². The summed E-state index contributed by atoms with van der Waals surface area (Å²) >= 11 is 1.31. The van der Waals surface area contributed by atoms with Gasteiger partial charge in [-0.25, -0.2) is 9.37 Å². The molecule has 0 aliphatic heterocycles. The molecule has 0 saturated heterocycles. The number of pyridine rings is 1. The highest BCUT2D eigenvalue weighted by atomic mass is 32.2. The van der Waals surface area contributed by atoms with Gasteiger partial charge in [0.1, 0.15) is 10.8 Å². The van der Waals surface area contributed by atoms with Crippen molar-refractivity contribution in [3.63, 3.8) is 0 Å². The Morgan fingerprint density at radius 3 is 2.59 bits per heavy atom. The lowest BCUT2D eigenvalue weighted by molar-refractivity contribution is 0.602. The van der Waals surface area contributed by atoms with Crippen molar-refractivity contribution in [1.82, 2.24) is 4.98 Å². The zero-order valence-electron chi connectivity index (χ0n) is 9.43. The number of nitrogens with two attached hydrogens (primary N) is 1. The Hall–Kier alpha value is -1.39. The first-order valence-electron chi connectivity index (χ1n) is 5.31. The van der Waals surface area contributed by atoms with Crippen molar-refractivity contribution in [1.29, 1.82) is 0 Å². The summed E-state index contributed by atoms with van der Waals surface area (Å²) in [5, 5.41) is 0.763. The van der Waals surface area contributed by atoms with Crippen LogP contribution in [0.4, 0.5) is 4.39 Å². The van der Waals surface area contributed by atoms with Crippen molar-refractivity contribution in [2.75, 3.05) is 0 Å². The molecule has 1 aromatic heterocycles. The van der Waals surface area contributed by atoms with E-state index in [0.717, 1.165) is 10.6 Å². The minimum atomic E-state index is -0.226. The van der Waals surface area contributed by atoms with E-state index in [9.17, 15) is 4.39 Å². The summed E-state index contributed by atoms with van der Waals surface area (Å²) < 4.78 is 13.4. The summed E-state index contributed by atoms with van der Waals surface area (Å²) in [6, 6.07) is 10.4. The number of nitrogens with zero attached hydrogens (tertiary/aromatic N) is 1. The highest BCUT2D eigenvalue weighted by molar-refractivity contribution is 7.99. The summed E-state index contributed by atoms with van der Waals surface area (Å²) in [5.41, 5.74) is 6.71. The summed E-state index contributed by atoms with van der Waals surface area (Å²) in [6.45, 7) is 1.90. The lowest BCUT2D eigenvalue weighted by Gasteiger charge is -2.06. The van der Waals surface area contributed by atoms with Crippen LogP contribution < -0.4 is 5.73 Å². The van der Waals surface area contributed by atoms with Gasteiger partial charge in [0.2, 0.25) is 0 Å². The van der Waals surface area contributed by atoms with Gasteiger partial charge in [-0.3, -0.25) is 0 Å². The van der Waals surface area contributed by atoms with Crippen molar-refractivity contribution < 1.29 is 4.39 Å². The number of aromatic nitrogens is 1. The molecule has 0 spiro atoms. The maximum atomic E-state index is 13.4. The fourth-order valence-corrected chi connectivity index (χ4v) is 2.14. The van der Waals surface area contributed by atoms with Crippen LogP contribution in [0.25, 0.3) is 0 Å². The van der Waals surface area contributed by atoms with Gasteiger partial charge in [0.05, 0.1) is 0 Å². The number of rotatable bonds is 3. The van der Waals surface area contributed by atoms with Crippen LogP contribution in [0, 0.1) is 5.82 Å². The van der Waals surface area contributed by atoms with Gasteiger partial charge in [-0.05, 0) is 30.7 Å². The van der Waals surface area contributed by atoms with Crippen LogP contribution >= 0.6 is 11.8 Å². The number of hydrogen-bond acceptors (Lipinski definition) is 3. The first kappa shape index (κ1) is 12.1. The molecular weight excluding hydrogens is 235 g/mol. The minimum Gasteiger partial charge on any atom is -0.324 e. The largest absolute Gasteiger partial charge is 0.324 e. The predicted molar refractivity (Wildman–Crippen MR) is 67.4 cm³/mol. The highest BCUT2D eigenvalue weighted by Gasteiger charge is 2.05. The molecule has 0 fully saturated rings. The monoisotopic (exact) mass is 248 g/mol. The second-order valence-electron chi connectivity index (χ2n) is 3.75. The van der Waals surface area contributed by atoms with E-state index in [1.165, 1.54) is 17.8 Å². The van der Waals surface area contributed by atoms with Crippen molar-refractivity contribution in [3.05, 3.63) is 54.0 Å². The number of halogens is 1. The van der Waals surface area contributed by atoms with E-state index >= 15 is 0 Å². The smallest absolute Gasteiger partial charge is 0.137 e. The molecule has 4 heteroatoms. The van der Waals surface area contributed by atoms with Crippen LogP contribution in [-0.4, -0.2) is 4.98 Å². The molecule has 0 radical (unpaired) electrons. The van der Waals surface area contributed by atoms with E-state index in [1.807, 2.05) is 25.1 Å². The third-order valence-corrected chi connectivity index (χ3v) is 3.34. The zero-order chi connectivity index (χ0) is 12.3. The van der Waals surface area contributed by atoms with Crippen molar-refractivity contribution in [2.24, 2.45) is 5.73 Å². The van der Waals surface area contributed by atoms with Gasteiger partial charge in [-0.15, -0.1) is 0 Å². The molecule has 2 N–H and O–H groups in total. The molecule has 17 heavy (non-hydrogen) atoms. The average molecular weight is 248 g/mol. The fourth-order valence-electron chi connectivity index (χ4n) is 1.36. The molecule has 0 unspecified atom stereocenters. The van der Waals surface area contributed by atoms with Crippen LogP contribution in [0.3, 0.4) is 0 Å². The molecule has 0 amide bonds. The number of benzene rings is 1. The fraction of sp³-hybridized carbons (Fsp3) is 0.154. The van der Waals surface area contributed by atoms with E-state index in [2.05, 4.69) is 4.98 Å². The molecule has 0 saturated carbocycles. The van der Waals surface area contributed by atoms with E-state index < -0.39 is 0 Å². The van der Waals surface area contributed by atoms with Crippen LogP contribution in [0.15, 0.2) is 52.5 Å². The van der Waals surface area contributed by atoms with Gasteiger partial charge in [-0.2, -0.15) is 0 Å². The quantitative estimate of drug-likeness (QED) is 0.905. The molecule has 2 aromatic rings.